The van der Waals surface area contributed by atoms with Crippen LogP contribution < -0.4 is 10.6 Å². The summed E-state index contributed by atoms with van der Waals surface area (Å²) >= 11 is 0. The number of amides is 2. The van der Waals surface area contributed by atoms with E-state index in [9.17, 15) is 9.59 Å². The van der Waals surface area contributed by atoms with Crippen molar-refractivity contribution >= 4 is 17.5 Å². The van der Waals surface area contributed by atoms with Gasteiger partial charge in [0, 0.05) is 18.2 Å². The molecule has 26 heavy (non-hydrogen) atoms. The molecule has 0 fully saturated rings. The summed E-state index contributed by atoms with van der Waals surface area (Å²) in [7, 11) is 0. The van der Waals surface area contributed by atoms with Crippen LogP contribution in [0.5, 0.6) is 0 Å². The van der Waals surface area contributed by atoms with E-state index in [-0.39, 0.29) is 17.7 Å². The highest BCUT2D eigenvalue weighted by atomic mass is 16.5. The van der Waals surface area contributed by atoms with E-state index in [1.165, 1.54) is 5.56 Å². The Morgan fingerprint density at radius 2 is 1.85 bits per heavy atom. The van der Waals surface area contributed by atoms with E-state index < -0.39 is 6.10 Å². The standard InChI is InChI=1S/C21H24N2O3/c1-14(2)20(24)23-17-9-7-15(8-10-17)13-22-21(25)19-18-6-4-3-5-16(18)11-12-26-19/h3-10,14,19H,11-13H2,1-2H3,(H,22,25)(H,23,24)/t19-/m1/s1. The zero-order valence-electron chi connectivity index (χ0n) is 15.1. The van der Waals surface area contributed by atoms with E-state index in [1.807, 2.05) is 62.4 Å². The van der Waals surface area contributed by atoms with Crippen LogP contribution in [0.15, 0.2) is 48.5 Å². The van der Waals surface area contributed by atoms with Gasteiger partial charge in [0.15, 0.2) is 6.10 Å². The van der Waals surface area contributed by atoms with Gasteiger partial charge >= 0.3 is 0 Å². The lowest BCUT2D eigenvalue weighted by atomic mass is 9.97. The molecule has 2 aromatic carbocycles. The van der Waals surface area contributed by atoms with Crippen molar-refractivity contribution in [2.45, 2.75) is 32.9 Å². The van der Waals surface area contributed by atoms with Gasteiger partial charge in [-0.3, -0.25) is 9.59 Å². The molecule has 2 amide bonds. The summed E-state index contributed by atoms with van der Waals surface area (Å²) in [4.78, 5) is 24.2. The van der Waals surface area contributed by atoms with Gasteiger partial charge in [0.2, 0.25) is 5.91 Å². The first-order chi connectivity index (χ1) is 12.5. The first-order valence-corrected chi connectivity index (χ1v) is 8.91. The fraction of sp³-hybridized carbons (Fsp3) is 0.333. The largest absolute Gasteiger partial charge is 0.363 e. The van der Waals surface area contributed by atoms with Crippen molar-refractivity contribution < 1.29 is 14.3 Å². The summed E-state index contributed by atoms with van der Waals surface area (Å²) in [5.74, 6) is -0.208. The summed E-state index contributed by atoms with van der Waals surface area (Å²) in [5.41, 5.74) is 3.83. The normalized spacial score (nSPS) is 16.0. The molecule has 0 bridgehead atoms. The Morgan fingerprint density at radius 1 is 1.12 bits per heavy atom. The first kappa shape index (κ1) is 18.1. The fourth-order valence-corrected chi connectivity index (χ4v) is 2.89. The van der Waals surface area contributed by atoms with Crippen LogP contribution >= 0.6 is 0 Å². The van der Waals surface area contributed by atoms with Crippen molar-refractivity contribution in [2.75, 3.05) is 11.9 Å². The average molecular weight is 352 g/mol. The van der Waals surface area contributed by atoms with Gasteiger partial charge in [-0.05, 0) is 35.2 Å². The van der Waals surface area contributed by atoms with Gasteiger partial charge in [-0.1, -0.05) is 50.2 Å². The molecule has 2 aromatic rings. The van der Waals surface area contributed by atoms with Gasteiger partial charge in [-0.15, -0.1) is 0 Å². The van der Waals surface area contributed by atoms with Crippen molar-refractivity contribution in [3.63, 3.8) is 0 Å². The molecule has 0 aromatic heterocycles. The van der Waals surface area contributed by atoms with Crippen LogP contribution in [0.2, 0.25) is 0 Å². The number of carbonyl (C=O) groups is 2. The molecule has 0 saturated carbocycles. The second-order valence-corrected chi connectivity index (χ2v) is 6.76. The molecule has 1 aliphatic heterocycles. The van der Waals surface area contributed by atoms with Crippen LogP contribution in [-0.2, 0) is 27.3 Å². The molecule has 2 N–H and O–H groups in total. The molecule has 5 nitrogen and oxygen atoms in total. The molecule has 5 heteroatoms. The molecule has 1 aliphatic rings. The number of anilines is 1. The predicted octanol–water partition coefficient (Wildman–Crippen LogP) is 3.21. The zero-order valence-corrected chi connectivity index (χ0v) is 15.1. The van der Waals surface area contributed by atoms with Gasteiger partial charge in [-0.25, -0.2) is 0 Å². The number of carbonyl (C=O) groups excluding carboxylic acids is 2. The van der Waals surface area contributed by atoms with E-state index in [0.29, 0.717) is 13.2 Å². The first-order valence-electron chi connectivity index (χ1n) is 8.91. The van der Waals surface area contributed by atoms with Gasteiger partial charge in [0.25, 0.3) is 5.91 Å². The quantitative estimate of drug-likeness (QED) is 0.868. The zero-order chi connectivity index (χ0) is 18.5. The van der Waals surface area contributed by atoms with Crippen LogP contribution in [-0.4, -0.2) is 18.4 Å². The minimum Gasteiger partial charge on any atom is -0.363 e. The SMILES string of the molecule is CC(C)C(=O)Nc1ccc(CNC(=O)[C@@H]2OCCc3ccccc32)cc1. The number of ether oxygens (including phenoxy) is 1. The van der Waals surface area contributed by atoms with Gasteiger partial charge in [0.1, 0.15) is 0 Å². The molecule has 0 saturated heterocycles. The molecule has 3 rings (SSSR count). The van der Waals surface area contributed by atoms with Gasteiger partial charge in [-0.2, -0.15) is 0 Å². The Labute approximate surface area is 153 Å². The third kappa shape index (κ3) is 4.29. The Morgan fingerprint density at radius 3 is 2.58 bits per heavy atom. The highest BCUT2D eigenvalue weighted by Gasteiger charge is 2.26. The van der Waals surface area contributed by atoms with Crippen LogP contribution in [0.3, 0.4) is 0 Å². The topological polar surface area (TPSA) is 67.4 Å². The summed E-state index contributed by atoms with van der Waals surface area (Å²) in [5, 5.41) is 5.79. The molecule has 0 radical (unpaired) electrons. The molecule has 1 heterocycles. The molecule has 0 aliphatic carbocycles. The van der Waals surface area contributed by atoms with Crippen molar-refractivity contribution in [2.24, 2.45) is 5.92 Å². The van der Waals surface area contributed by atoms with Crippen LogP contribution in [0, 0.1) is 5.92 Å². The smallest absolute Gasteiger partial charge is 0.254 e. The maximum Gasteiger partial charge on any atom is 0.254 e. The maximum atomic E-state index is 12.5. The van der Waals surface area contributed by atoms with E-state index in [0.717, 1.165) is 23.2 Å². The predicted molar refractivity (Wildman–Crippen MR) is 101 cm³/mol. The number of fused-ring (bicyclic) bond motifs is 1. The second kappa shape index (κ2) is 8.15. The number of rotatable bonds is 5. The minimum atomic E-state index is -0.551. The average Bonchev–Trinajstić information content (AvgIpc) is 2.66. The third-order valence-corrected chi connectivity index (χ3v) is 4.44. The maximum absolute atomic E-state index is 12.5. The molecule has 136 valence electrons. The lowest BCUT2D eigenvalue weighted by molar-refractivity contribution is -0.134. The lowest BCUT2D eigenvalue weighted by Gasteiger charge is -2.25. The van der Waals surface area contributed by atoms with E-state index >= 15 is 0 Å². The molecule has 0 spiro atoms. The summed E-state index contributed by atoms with van der Waals surface area (Å²) < 4.78 is 5.68. The number of nitrogens with one attached hydrogen (secondary N) is 2. The van der Waals surface area contributed by atoms with Crippen LogP contribution in [0.1, 0.15) is 36.6 Å². The van der Waals surface area contributed by atoms with Crippen molar-refractivity contribution in [3.05, 3.63) is 65.2 Å². The van der Waals surface area contributed by atoms with Gasteiger partial charge in [0.05, 0.1) is 6.61 Å². The van der Waals surface area contributed by atoms with Gasteiger partial charge < -0.3 is 15.4 Å². The molecule has 1 atom stereocenters. The molecular formula is C21H24N2O3. The van der Waals surface area contributed by atoms with Crippen molar-refractivity contribution in [1.29, 1.82) is 0 Å². The van der Waals surface area contributed by atoms with E-state index in [2.05, 4.69) is 10.6 Å². The number of benzene rings is 2. The second-order valence-electron chi connectivity index (χ2n) is 6.76. The highest BCUT2D eigenvalue weighted by Crippen LogP contribution is 2.27. The van der Waals surface area contributed by atoms with E-state index in [1.54, 1.807) is 0 Å². The lowest BCUT2D eigenvalue weighted by Crippen LogP contribution is -2.33. The monoisotopic (exact) mass is 352 g/mol. The summed E-state index contributed by atoms with van der Waals surface area (Å²) in [6.07, 6.45) is 0.285. The Kier molecular flexibility index (Phi) is 5.68. The van der Waals surface area contributed by atoms with Crippen molar-refractivity contribution in [1.82, 2.24) is 5.32 Å². The Hall–Kier alpha value is -2.66. The fourth-order valence-electron chi connectivity index (χ4n) is 2.89. The third-order valence-electron chi connectivity index (χ3n) is 4.44. The minimum absolute atomic E-state index is 0.0147. The van der Waals surface area contributed by atoms with Crippen molar-refractivity contribution in [3.8, 4) is 0 Å². The number of hydrogen-bond donors (Lipinski definition) is 2. The van der Waals surface area contributed by atoms with Crippen LogP contribution in [0.25, 0.3) is 0 Å². The molecule has 0 unspecified atom stereocenters. The summed E-state index contributed by atoms with van der Waals surface area (Å²) in [6.45, 7) is 4.67. The molecular weight excluding hydrogens is 328 g/mol. The highest BCUT2D eigenvalue weighted by molar-refractivity contribution is 5.92. The van der Waals surface area contributed by atoms with Crippen LogP contribution in [0.4, 0.5) is 5.69 Å². The number of hydrogen-bond acceptors (Lipinski definition) is 3. The van der Waals surface area contributed by atoms with E-state index in [4.69, 9.17) is 4.74 Å². The Balaban J connectivity index is 1.58. The Bertz CT molecular complexity index is 784. The summed E-state index contributed by atoms with van der Waals surface area (Å²) in [6, 6.07) is 15.4.